The van der Waals surface area contributed by atoms with Crippen LogP contribution in [0.4, 0.5) is 0 Å². The minimum atomic E-state index is -4.36. The molecule has 1 amide bonds. The molecule has 0 spiro atoms. The average molecular weight is 1030 g/mol. The molecule has 3 atom stereocenters. The quantitative estimate of drug-likeness (QED) is 0.0243. The number of unbranched alkanes of at least 4 members (excludes halogenated alkanes) is 26. The van der Waals surface area contributed by atoms with E-state index in [1.165, 1.54) is 148 Å². The molecule has 416 valence electrons. The molecule has 8 nitrogen and oxygen atoms in total. The Hall–Kier alpha value is -2.58. The molecule has 0 rings (SSSR count). The molecule has 0 saturated heterocycles. The van der Waals surface area contributed by atoms with Gasteiger partial charge < -0.3 is 19.8 Å². The van der Waals surface area contributed by atoms with E-state index in [1.807, 2.05) is 27.2 Å². The van der Waals surface area contributed by atoms with E-state index in [2.05, 4.69) is 104 Å². The van der Waals surface area contributed by atoms with Gasteiger partial charge in [-0.3, -0.25) is 13.8 Å². The Morgan fingerprint density at radius 1 is 0.486 bits per heavy atom. The van der Waals surface area contributed by atoms with Gasteiger partial charge >= 0.3 is 7.82 Å². The molecule has 0 saturated carbocycles. The third-order valence-corrected chi connectivity index (χ3v) is 13.8. The van der Waals surface area contributed by atoms with Crippen LogP contribution in [0.5, 0.6) is 0 Å². The fourth-order valence-electron chi connectivity index (χ4n) is 8.18. The molecule has 0 radical (unpaired) electrons. The summed E-state index contributed by atoms with van der Waals surface area (Å²) in [5.74, 6) is -0.190. The van der Waals surface area contributed by atoms with E-state index in [0.29, 0.717) is 17.4 Å². The monoisotopic (exact) mass is 1030 g/mol. The first-order valence-corrected chi connectivity index (χ1v) is 31.1. The normalized spacial score (nSPS) is 14.6. The van der Waals surface area contributed by atoms with Crippen LogP contribution in [0.15, 0.2) is 97.2 Å². The maximum absolute atomic E-state index is 13.0. The number of phosphoric ester groups is 1. The zero-order valence-corrected chi connectivity index (χ0v) is 48.3. The zero-order valence-electron chi connectivity index (χ0n) is 47.4. The number of phosphoric acid groups is 1. The summed E-state index contributed by atoms with van der Waals surface area (Å²) < 4.78 is 23.7. The Kier molecular flexibility index (Phi) is 51.3. The number of quaternary nitrogens is 1. The maximum Gasteiger partial charge on any atom is 0.472 e. The number of nitrogens with zero attached hydrogens (tertiary/aromatic N) is 1. The number of hydrogen-bond acceptors (Lipinski definition) is 5. The van der Waals surface area contributed by atoms with Gasteiger partial charge in [0.1, 0.15) is 13.2 Å². The van der Waals surface area contributed by atoms with Crippen molar-refractivity contribution in [1.29, 1.82) is 0 Å². The van der Waals surface area contributed by atoms with E-state index in [1.54, 1.807) is 6.08 Å². The fourth-order valence-corrected chi connectivity index (χ4v) is 8.92. The minimum Gasteiger partial charge on any atom is -0.387 e. The van der Waals surface area contributed by atoms with E-state index in [0.717, 1.165) is 77.0 Å². The molecular weight excluding hydrogens is 912 g/mol. The third-order valence-electron chi connectivity index (χ3n) is 12.8. The molecule has 0 aromatic carbocycles. The molecule has 72 heavy (non-hydrogen) atoms. The number of carbonyl (C=O) groups is 1. The van der Waals surface area contributed by atoms with Gasteiger partial charge in [0.15, 0.2) is 0 Å². The highest BCUT2D eigenvalue weighted by Gasteiger charge is 2.27. The lowest BCUT2D eigenvalue weighted by Crippen LogP contribution is -2.45. The summed E-state index contributed by atoms with van der Waals surface area (Å²) in [7, 11) is 1.55. The molecule has 0 aliphatic rings. The molecule has 0 aliphatic heterocycles. The Balaban J connectivity index is 4.15. The van der Waals surface area contributed by atoms with Crippen molar-refractivity contribution >= 4 is 13.7 Å². The summed E-state index contributed by atoms with van der Waals surface area (Å²) in [4.78, 5) is 23.3. The highest BCUT2D eigenvalue weighted by molar-refractivity contribution is 7.47. The number of amides is 1. The molecule has 3 N–H and O–H groups in total. The number of nitrogens with one attached hydrogen (secondary N) is 1. The van der Waals surface area contributed by atoms with Gasteiger partial charge in [-0.05, 0) is 83.5 Å². The van der Waals surface area contributed by atoms with Crippen LogP contribution < -0.4 is 5.32 Å². The van der Waals surface area contributed by atoms with Gasteiger partial charge in [0.25, 0.3) is 0 Å². The average Bonchev–Trinajstić information content (AvgIpc) is 3.34. The van der Waals surface area contributed by atoms with Crippen LogP contribution in [0.1, 0.15) is 245 Å². The highest BCUT2D eigenvalue weighted by Crippen LogP contribution is 2.43. The second kappa shape index (κ2) is 53.3. The first-order valence-electron chi connectivity index (χ1n) is 29.6. The van der Waals surface area contributed by atoms with Crippen molar-refractivity contribution in [2.75, 3.05) is 40.9 Å². The van der Waals surface area contributed by atoms with Gasteiger partial charge in [-0.2, -0.15) is 0 Å². The van der Waals surface area contributed by atoms with Gasteiger partial charge in [0.2, 0.25) is 5.91 Å². The van der Waals surface area contributed by atoms with Crippen LogP contribution in [-0.2, 0) is 18.4 Å². The second-order valence-corrected chi connectivity index (χ2v) is 22.4. The number of likely N-dealkylation sites (N-methyl/N-ethyl adjacent to an activating group) is 1. The lowest BCUT2D eigenvalue weighted by atomic mass is 10.0. The highest BCUT2D eigenvalue weighted by atomic mass is 31.2. The standard InChI is InChI=1S/C63H113N2O6P/c1-6-8-10-12-14-16-18-20-22-24-25-26-27-28-29-30-31-32-33-34-35-36-37-38-39-41-43-45-47-49-51-53-55-57-63(67)64-61(60-71-72(68,69)70-59-58-65(3,4)5)62(66)56-54-52-50-48-46-44-42-40-23-21-19-17-15-13-11-9-7-2/h8,10,14,16,20,22,25-26,28-29,31-32,46,48,54,56,61-62,66H,6-7,9,11-13,15,17-19,21,23-24,27,30,33-45,47,49-53,55,57-60H2,1-5H3,(H-,64,67,68,69)/p+1/b10-8-,16-14-,22-20-,26-25-,29-28-,32-31-,48-46+,56-54+. The molecule has 0 fully saturated rings. The van der Waals surface area contributed by atoms with E-state index in [-0.39, 0.29) is 19.1 Å². The summed E-state index contributed by atoms with van der Waals surface area (Å²) in [6, 6.07) is -0.869. The SMILES string of the molecule is CC/C=C\C/C=C\C/C=C\C/C=C\C/C=C\C/C=C\CCCCCCCCCCCCCCCCC(=O)NC(COP(=O)(O)OCC[N+](C)(C)C)C(O)/C=C/CC/C=C/CCCCCCCCCCCCC. The number of rotatable bonds is 53. The molecule has 3 unspecified atom stereocenters. The van der Waals surface area contributed by atoms with Gasteiger partial charge in [-0.1, -0.05) is 252 Å². The van der Waals surface area contributed by atoms with Crippen LogP contribution >= 0.6 is 7.82 Å². The van der Waals surface area contributed by atoms with E-state index in [4.69, 9.17) is 9.05 Å². The summed E-state index contributed by atoms with van der Waals surface area (Å²) in [5, 5.41) is 13.9. The Morgan fingerprint density at radius 3 is 1.28 bits per heavy atom. The third kappa shape index (κ3) is 55.2. The van der Waals surface area contributed by atoms with E-state index in [9.17, 15) is 19.4 Å². The molecular formula is C63H114N2O6P+. The first kappa shape index (κ1) is 69.4. The van der Waals surface area contributed by atoms with Crippen LogP contribution in [0, 0.1) is 0 Å². The number of hydrogen-bond donors (Lipinski definition) is 3. The van der Waals surface area contributed by atoms with Gasteiger partial charge in [-0.15, -0.1) is 0 Å². The van der Waals surface area contributed by atoms with Crippen molar-refractivity contribution in [2.45, 2.75) is 257 Å². The van der Waals surface area contributed by atoms with Crippen molar-refractivity contribution in [1.82, 2.24) is 5.32 Å². The topological polar surface area (TPSA) is 105 Å². The number of aliphatic hydroxyl groups is 1. The Labute approximate surface area is 445 Å². The second-order valence-electron chi connectivity index (χ2n) is 21.0. The molecule has 0 heterocycles. The molecule has 9 heteroatoms. The number of allylic oxidation sites excluding steroid dienone is 15. The summed E-state index contributed by atoms with van der Waals surface area (Å²) in [5.41, 5.74) is 0. The Morgan fingerprint density at radius 2 is 0.847 bits per heavy atom. The van der Waals surface area contributed by atoms with Crippen LogP contribution in [-0.4, -0.2) is 73.4 Å². The predicted molar refractivity (Wildman–Crippen MR) is 313 cm³/mol. The van der Waals surface area contributed by atoms with Crippen molar-refractivity contribution in [3.05, 3.63) is 97.2 Å². The predicted octanol–water partition coefficient (Wildman–Crippen LogP) is 18.2. The smallest absolute Gasteiger partial charge is 0.387 e. The Bertz CT molecular complexity index is 1490. The van der Waals surface area contributed by atoms with Gasteiger partial charge in [-0.25, -0.2) is 4.57 Å². The van der Waals surface area contributed by atoms with Gasteiger partial charge in [0.05, 0.1) is 39.9 Å². The van der Waals surface area contributed by atoms with Gasteiger partial charge in [0, 0.05) is 6.42 Å². The summed E-state index contributed by atoms with van der Waals surface area (Å²) >= 11 is 0. The van der Waals surface area contributed by atoms with Crippen molar-refractivity contribution in [2.24, 2.45) is 0 Å². The van der Waals surface area contributed by atoms with Crippen molar-refractivity contribution in [3.63, 3.8) is 0 Å². The van der Waals surface area contributed by atoms with Crippen molar-refractivity contribution in [3.8, 4) is 0 Å². The largest absolute Gasteiger partial charge is 0.472 e. The molecule has 0 aromatic rings. The lowest BCUT2D eigenvalue weighted by molar-refractivity contribution is -0.870. The fraction of sp³-hybridized carbons (Fsp3) is 0.730. The van der Waals surface area contributed by atoms with E-state index >= 15 is 0 Å². The lowest BCUT2D eigenvalue weighted by Gasteiger charge is -2.25. The number of aliphatic hydroxyl groups excluding tert-OH is 1. The minimum absolute atomic E-state index is 0.0528. The van der Waals surface area contributed by atoms with Crippen LogP contribution in [0.2, 0.25) is 0 Å². The number of carbonyl (C=O) groups excluding carboxylic acids is 1. The zero-order chi connectivity index (χ0) is 52.7. The molecule has 0 aliphatic carbocycles. The first-order chi connectivity index (χ1) is 35.0. The van der Waals surface area contributed by atoms with Crippen molar-refractivity contribution < 1.29 is 32.9 Å². The maximum atomic E-state index is 13.0. The van der Waals surface area contributed by atoms with Crippen LogP contribution in [0.3, 0.4) is 0 Å². The molecule has 0 aromatic heterocycles. The van der Waals surface area contributed by atoms with Crippen LogP contribution in [0.25, 0.3) is 0 Å². The summed E-state index contributed by atoms with van der Waals surface area (Å²) in [6.45, 7) is 4.68. The summed E-state index contributed by atoms with van der Waals surface area (Å²) in [6.07, 6.45) is 76.6. The molecule has 0 bridgehead atoms. The van der Waals surface area contributed by atoms with E-state index < -0.39 is 20.0 Å².